The molecule has 4 amide bonds. The molecule has 3 saturated heterocycles. The molecule has 3 aliphatic heterocycles. The molecule has 22 heteroatoms. The molecule has 512 valence electrons. The molecule has 96 heavy (non-hydrogen) atoms. The van der Waals surface area contributed by atoms with Crippen LogP contribution in [-0.4, -0.2) is 171 Å². The van der Waals surface area contributed by atoms with Gasteiger partial charge in [-0.3, -0.25) is 38.1 Å². The Morgan fingerprint density at radius 1 is 0.417 bits per heavy atom. The average Bonchev–Trinajstić information content (AvgIpc) is 1.18. The van der Waals surface area contributed by atoms with Crippen molar-refractivity contribution in [2.75, 3.05) is 128 Å². The Labute approximate surface area is 570 Å². The molecule has 11 rings (SSSR count). The third-order valence-corrected chi connectivity index (χ3v) is 20.6. The van der Waals surface area contributed by atoms with Crippen LogP contribution in [0.5, 0.6) is 11.5 Å². The highest BCUT2D eigenvalue weighted by Crippen LogP contribution is 2.33. The van der Waals surface area contributed by atoms with Gasteiger partial charge in [-0.2, -0.15) is 0 Å². The molecule has 2 N–H and O–H groups in total. The fourth-order valence-electron chi connectivity index (χ4n) is 13.3. The molecule has 8 aromatic rings. The van der Waals surface area contributed by atoms with Crippen LogP contribution in [0.15, 0.2) is 130 Å². The maximum Gasteiger partial charge on any atom is 0.408 e. The van der Waals surface area contributed by atoms with Crippen molar-refractivity contribution in [3.8, 4) is 11.5 Å². The molecule has 3 aliphatic rings. The van der Waals surface area contributed by atoms with Crippen LogP contribution in [-0.2, 0) is 32.5 Å². The van der Waals surface area contributed by atoms with Crippen LogP contribution in [0.3, 0.4) is 0 Å². The van der Waals surface area contributed by atoms with Crippen LogP contribution in [0.1, 0.15) is 103 Å². The molecule has 0 saturated carbocycles. The van der Waals surface area contributed by atoms with Gasteiger partial charge in [0, 0.05) is 160 Å². The van der Waals surface area contributed by atoms with Crippen molar-refractivity contribution < 1.29 is 38.1 Å². The lowest BCUT2D eigenvalue weighted by Crippen LogP contribution is -2.50. The first-order valence-electron chi connectivity index (χ1n) is 34.9. The van der Waals surface area contributed by atoms with Crippen LogP contribution < -0.4 is 41.0 Å². The lowest BCUT2D eigenvalue weighted by atomic mass is 10.1. The number of piperazine rings is 3. The van der Waals surface area contributed by atoms with E-state index in [1.54, 1.807) is 34.8 Å². The maximum absolute atomic E-state index is 13.0. The van der Waals surface area contributed by atoms with E-state index in [1.807, 2.05) is 46.2 Å². The molecule has 4 aromatic heterocycles. The van der Waals surface area contributed by atoms with E-state index in [0.29, 0.717) is 87.9 Å². The number of alkyl carbamates (subject to hydrolysis) is 2. The minimum Gasteiger partial charge on any atom is -0.494 e. The van der Waals surface area contributed by atoms with E-state index >= 15 is 0 Å². The predicted octanol–water partition coefficient (Wildman–Crippen LogP) is 12.1. The molecular formula is C74H94N10O10S2. The molecule has 0 unspecified atom stereocenters. The van der Waals surface area contributed by atoms with Gasteiger partial charge in [0.15, 0.2) is 13.5 Å². The van der Waals surface area contributed by atoms with Crippen molar-refractivity contribution >= 4 is 100 Å². The third-order valence-electron chi connectivity index (χ3n) is 18.9. The second-order valence-electron chi connectivity index (χ2n) is 25.4. The van der Waals surface area contributed by atoms with Gasteiger partial charge in [0.1, 0.15) is 11.5 Å². The van der Waals surface area contributed by atoms with E-state index < -0.39 is 12.2 Å². The largest absolute Gasteiger partial charge is 0.494 e. The first-order valence-corrected chi connectivity index (χ1v) is 36.6. The van der Waals surface area contributed by atoms with Gasteiger partial charge in [0.25, 0.3) is 11.1 Å². The number of ether oxygens (including phenoxy) is 4. The van der Waals surface area contributed by atoms with Crippen molar-refractivity contribution in [2.24, 2.45) is 0 Å². The molecule has 7 heterocycles. The second-order valence-corrected chi connectivity index (χ2v) is 27.3. The van der Waals surface area contributed by atoms with Gasteiger partial charge >= 0.3 is 12.2 Å². The number of carbonyl (C=O) groups is 4. The number of nitrogens with zero attached hydrogens (tertiary/aromatic N) is 8. The van der Waals surface area contributed by atoms with Crippen molar-refractivity contribution in [3.63, 3.8) is 0 Å². The highest BCUT2D eigenvalue weighted by atomic mass is 32.1. The molecular weight excluding hydrogens is 1250 g/mol. The van der Waals surface area contributed by atoms with Gasteiger partial charge in [0.05, 0.1) is 24.2 Å². The first kappa shape index (κ1) is 69.2. The standard InChI is InChI=1S/C74H94N10O10S2/c85-69(21-7-3-1-5-9-33-75-73(89)93-55-83-65-53-59(27-23-57(65)25-29-71(83)87)91-49-13-11-35-77-37-41-79(42-38-77)63-17-15-19-67-61(63)31-51-95-67)81-45-47-82(48-46-81)70(86)22-8-4-2-6-10-34-76-74(90)94-56-84-66-54-60(28-24-58(66)26-30-72(84)88)92-50-14-12-36-78-39-43-80(44-40-78)64-18-16-20-68-62(64)32-52-96-68/h15-20,23-32,51-54H,1-14,21-22,33-50,55-56H2,(H,75,89)(H,76,90). The van der Waals surface area contributed by atoms with Gasteiger partial charge in [-0.05, 0) is 159 Å². The minimum absolute atomic E-state index is 0.125. The Morgan fingerprint density at radius 2 is 0.823 bits per heavy atom. The zero-order valence-corrected chi connectivity index (χ0v) is 57.1. The number of unbranched alkanes of at least 4 members (excludes halogenated alkanes) is 10. The zero-order chi connectivity index (χ0) is 66.3. The Bertz CT molecular complexity index is 3710. The number of carbonyl (C=O) groups excluding carboxylic acids is 4. The number of aromatic nitrogens is 2. The van der Waals surface area contributed by atoms with Gasteiger partial charge < -0.3 is 49.2 Å². The Kier molecular flexibility index (Phi) is 25.7. The summed E-state index contributed by atoms with van der Waals surface area (Å²) in [7, 11) is 0. The van der Waals surface area contributed by atoms with Crippen molar-refractivity contribution in [2.45, 2.75) is 116 Å². The summed E-state index contributed by atoms with van der Waals surface area (Å²) in [4.78, 5) is 91.1. The van der Waals surface area contributed by atoms with E-state index in [2.05, 4.69) is 89.5 Å². The zero-order valence-electron chi connectivity index (χ0n) is 55.5. The van der Waals surface area contributed by atoms with Gasteiger partial charge in [-0.1, -0.05) is 50.7 Å². The van der Waals surface area contributed by atoms with Crippen LogP contribution in [0.2, 0.25) is 0 Å². The summed E-state index contributed by atoms with van der Waals surface area (Å²) in [5.74, 6) is 1.58. The van der Waals surface area contributed by atoms with Gasteiger partial charge in [-0.15, -0.1) is 22.7 Å². The van der Waals surface area contributed by atoms with Crippen LogP contribution >= 0.6 is 22.7 Å². The SMILES string of the molecule is O=C(NCCCCCCCC(=O)N1CCN(C(=O)CCCCCCCNC(=O)OCn2c(=O)ccc3ccc(OCCCCN4CCN(c5cccc6sccc56)CC4)cc32)CC1)OCn1c(=O)ccc2ccc(OCCCCN3CCN(c4cccc5sccc45)CC3)cc21. The van der Waals surface area contributed by atoms with Crippen LogP contribution in [0.25, 0.3) is 42.0 Å². The molecule has 0 radical (unpaired) electrons. The normalized spacial score (nSPS) is 14.8. The number of benzene rings is 4. The quantitative estimate of drug-likeness (QED) is 0.0362. The number of amides is 4. The third kappa shape index (κ3) is 19.5. The summed E-state index contributed by atoms with van der Waals surface area (Å²) in [6.07, 6.45) is 12.2. The summed E-state index contributed by atoms with van der Waals surface area (Å²) in [5.41, 5.74) is 3.41. The Morgan fingerprint density at radius 3 is 1.26 bits per heavy atom. The number of hydrogen-bond acceptors (Lipinski definition) is 16. The number of pyridine rings is 2. The topological polar surface area (TPSA) is 193 Å². The van der Waals surface area contributed by atoms with Gasteiger partial charge in [-0.25, -0.2) is 9.59 Å². The highest BCUT2D eigenvalue weighted by Gasteiger charge is 2.25. The summed E-state index contributed by atoms with van der Waals surface area (Å²) in [6.45, 7) is 14.1. The minimum atomic E-state index is -0.586. The molecule has 4 aromatic carbocycles. The number of thiophene rings is 2. The number of nitrogens with one attached hydrogen (secondary N) is 2. The summed E-state index contributed by atoms with van der Waals surface area (Å²) >= 11 is 3.59. The fourth-order valence-corrected chi connectivity index (χ4v) is 14.9. The van der Waals surface area contributed by atoms with E-state index in [9.17, 15) is 28.8 Å². The summed E-state index contributed by atoms with van der Waals surface area (Å²) < 4.78 is 28.8. The smallest absolute Gasteiger partial charge is 0.408 e. The molecule has 3 fully saturated rings. The summed E-state index contributed by atoms with van der Waals surface area (Å²) in [5, 5.41) is 14.3. The number of anilines is 2. The maximum atomic E-state index is 13.0. The monoisotopic (exact) mass is 1350 g/mol. The predicted molar refractivity (Wildman–Crippen MR) is 384 cm³/mol. The van der Waals surface area contributed by atoms with Crippen molar-refractivity contribution in [1.29, 1.82) is 0 Å². The second kappa shape index (κ2) is 35.7. The Balaban J connectivity index is 0.472. The van der Waals surface area contributed by atoms with E-state index in [4.69, 9.17) is 18.9 Å². The highest BCUT2D eigenvalue weighted by molar-refractivity contribution is 7.17. The van der Waals surface area contributed by atoms with E-state index in [0.717, 1.165) is 166 Å². The molecule has 0 spiro atoms. The average molecular weight is 1350 g/mol. The van der Waals surface area contributed by atoms with Crippen molar-refractivity contribution in [3.05, 3.63) is 141 Å². The van der Waals surface area contributed by atoms with Crippen LogP contribution in [0, 0.1) is 0 Å². The molecule has 20 nitrogen and oxygen atoms in total. The number of hydrogen-bond donors (Lipinski definition) is 2. The fraction of sp³-hybridized carbons (Fsp3) is 0.486. The van der Waals surface area contributed by atoms with Crippen LogP contribution in [0.4, 0.5) is 21.0 Å². The molecule has 0 atom stereocenters. The van der Waals surface area contributed by atoms with E-state index in [1.165, 1.54) is 52.8 Å². The summed E-state index contributed by atoms with van der Waals surface area (Å²) in [6, 6.07) is 35.5. The Hall–Kier alpha value is -8.18. The molecule has 0 bridgehead atoms. The lowest BCUT2D eigenvalue weighted by Gasteiger charge is -2.36. The van der Waals surface area contributed by atoms with Crippen molar-refractivity contribution in [1.82, 2.24) is 39.4 Å². The van der Waals surface area contributed by atoms with Gasteiger partial charge in [0.2, 0.25) is 11.8 Å². The lowest BCUT2D eigenvalue weighted by molar-refractivity contribution is -0.139. The van der Waals surface area contributed by atoms with E-state index in [-0.39, 0.29) is 36.4 Å². The first-order chi connectivity index (χ1) is 47.1. The number of fused-ring (bicyclic) bond motifs is 4. The number of rotatable bonds is 34. The molecule has 0 aliphatic carbocycles.